The van der Waals surface area contributed by atoms with Gasteiger partial charge in [0.15, 0.2) is 0 Å². The molecule has 0 saturated carbocycles. The van der Waals surface area contributed by atoms with Crippen LogP contribution in [0.4, 0.5) is 0 Å². The van der Waals surface area contributed by atoms with Crippen LogP contribution in [0.25, 0.3) is 0 Å². The van der Waals surface area contributed by atoms with E-state index in [9.17, 15) is 4.79 Å². The van der Waals surface area contributed by atoms with E-state index >= 15 is 0 Å². The number of nitrogens with zero attached hydrogens (tertiary/aromatic N) is 2. The van der Waals surface area contributed by atoms with Crippen LogP contribution in [-0.4, -0.2) is 67.8 Å². The lowest BCUT2D eigenvalue weighted by Crippen LogP contribution is -2.43. The SMILES string of the molecule is Cc1ccc(CN2CC[C@H]3O[C@@H](COCC(=O)N(C)C)CC[C@H]32)s1. The first-order chi connectivity index (χ1) is 11.5. The maximum Gasteiger partial charge on any atom is 0.248 e. The van der Waals surface area contributed by atoms with Crippen LogP contribution in [0.3, 0.4) is 0 Å². The molecule has 3 heterocycles. The molecule has 5 nitrogen and oxygen atoms in total. The minimum Gasteiger partial charge on any atom is -0.371 e. The summed E-state index contributed by atoms with van der Waals surface area (Å²) >= 11 is 1.89. The molecule has 0 bridgehead atoms. The van der Waals surface area contributed by atoms with Gasteiger partial charge in [-0.3, -0.25) is 9.69 Å². The minimum atomic E-state index is 0.00182. The first-order valence-corrected chi connectivity index (χ1v) is 9.57. The van der Waals surface area contributed by atoms with Crippen molar-refractivity contribution in [2.45, 2.75) is 51.0 Å². The van der Waals surface area contributed by atoms with Crippen LogP contribution < -0.4 is 0 Å². The van der Waals surface area contributed by atoms with Gasteiger partial charge in [0.2, 0.25) is 5.91 Å². The lowest BCUT2D eigenvalue weighted by atomic mass is 9.99. The van der Waals surface area contributed by atoms with Gasteiger partial charge in [0, 0.05) is 43.0 Å². The second-order valence-electron chi connectivity index (χ2n) is 7.02. The zero-order chi connectivity index (χ0) is 17.1. The van der Waals surface area contributed by atoms with Crippen LogP contribution in [0.2, 0.25) is 0 Å². The molecule has 1 aromatic heterocycles. The van der Waals surface area contributed by atoms with E-state index in [4.69, 9.17) is 9.47 Å². The molecule has 0 aliphatic carbocycles. The fraction of sp³-hybridized carbons (Fsp3) is 0.722. The van der Waals surface area contributed by atoms with E-state index in [-0.39, 0.29) is 18.6 Å². The van der Waals surface area contributed by atoms with E-state index in [2.05, 4.69) is 24.0 Å². The molecule has 2 aliphatic heterocycles. The molecule has 0 spiro atoms. The average Bonchev–Trinajstić information content (AvgIpc) is 3.14. The summed E-state index contributed by atoms with van der Waals surface area (Å²) in [5.41, 5.74) is 0. The number of likely N-dealkylation sites (N-methyl/N-ethyl adjacent to an activating group) is 1. The van der Waals surface area contributed by atoms with Crippen molar-refractivity contribution < 1.29 is 14.3 Å². The van der Waals surface area contributed by atoms with Crippen molar-refractivity contribution in [1.29, 1.82) is 0 Å². The van der Waals surface area contributed by atoms with Crippen molar-refractivity contribution in [3.05, 3.63) is 21.9 Å². The number of thiophene rings is 1. The number of ether oxygens (including phenoxy) is 2. The molecule has 3 atom stereocenters. The summed E-state index contributed by atoms with van der Waals surface area (Å²) in [6.07, 6.45) is 3.72. The van der Waals surface area contributed by atoms with Gasteiger partial charge in [-0.25, -0.2) is 0 Å². The lowest BCUT2D eigenvalue weighted by Gasteiger charge is -2.35. The van der Waals surface area contributed by atoms with Gasteiger partial charge < -0.3 is 14.4 Å². The maximum atomic E-state index is 11.5. The smallest absolute Gasteiger partial charge is 0.248 e. The van der Waals surface area contributed by atoms with E-state index in [0.29, 0.717) is 18.8 Å². The van der Waals surface area contributed by atoms with Crippen LogP contribution >= 0.6 is 11.3 Å². The number of aryl methyl sites for hydroxylation is 1. The van der Waals surface area contributed by atoms with Crippen molar-refractivity contribution in [1.82, 2.24) is 9.80 Å². The number of hydrogen-bond acceptors (Lipinski definition) is 5. The standard InChI is InChI=1S/C18H28N2O3S/c1-13-4-6-15(24-13)10-20-9-8-17-16(20)7-5-14(23-17)11-22-12-18(21)19(2)3/h4,6,14,16-17H,5,7-12H2,1-3H3/t14-,16-,17-/m1/s1. The molecule has 0 unspecified atom stereocenters. The third-order valence-corrected chi connectivity index (χ3v) is 5.92. The monoisotopic (exact) mass is 352 g/mol. The molecule has 3 rings (SSSR count). The molecule has 1 amide bonds. The molecule has 6 heteroatoms. The van der Waals surface area contributed by atoms with Gasteiger partial charge in [-0.2, -0.15) is 0 Å². The summed E-state index contributed by atoms with van der Waals surface area (Å²) in [5.74, 6) is 0.00182. The summed E-state index contributed by atoms with van der Waals surface area (Å²) in [6, 6.07) is 4.98. The Bertz CT molecular complexity index is 560. The van der Waals surface area contributed by atoms with Gasteiger partial charge in [-0.05, 0) is 38.3 Å². The van der Waals surface area contributed by atoms with E-state index in [1.54, 1.807) is 19.0 Å². The first kappa shape index (κ1) is 17.9. The molecular formula is C18H28N2O3S. The molecule has 24 heavy (non-hydrogen) atoms. The van der Waals surface area contributed by atoms with Gasteiger partial charge >= 0.3 is 0 Å². The number of amides is 1. The number of likely N-dealkylation sites (tertiary alicyclic amines) is 1. The van der Waals surface area contributed by atoms with Gasteiger partial charge in [-0.1, -0.05) is 0 Å². The summed E-state index contributed by atoms with van der Waals surface area (Å²) in [5, 5.41) is 0. The molecular weight excluding hydrogens is 324 g/mol. The summed E-state index contributed by atoms with van der Waals surface area (Å²) in [7, 11) is 3.49. The Labute approximate surface area is 148 Å². The number of fused-ring (bicyclic) bond motifs is 1. The van der Waals surface area contributed by atoms with Crippen LogP contribution in [0, 0.1) is 6.92 Å². The van der Waals surface area contributed by atoms with Gasteiger partial charge in [-0.15, -0.1) is 11.3 Å². The highest BCUT2D eigenvalue weighted by atomic mass is 32.1. The Morgan fingerprint density at radius 1 is 1.38 bits per heavy atom. The zero-order valence-electron chi connectivity index (χ0n) is 14.9. The second-order valence-corrected chi connectivity index (χ2v) is 8.39. The van der Waals surface area contributed by atoms with Crippen LogP contribution in [-0.2, 0) is 20.8 Å². The van der Waals surface area contributed by atoms with Gasteiger partial charge in [0.1, 0.15) is 6.61 Å². The maximum absolute atomic E-state index is 11.5. The molecule has 0 N–H and O–H groups in total. The Kier molecular flexibility index (Phi) is 5.92. The molecule has 2 aliphatic rings. The van der Waals surface area contributed by atoms with Gasteiger partial charge in [0.05, 0.1) is 18.8 Å². The number of carbonyl (C=O) groups excluding carboxylic acids is 1. The molecule has 2 fully saturated rings. The van der Waals surface area contributed by atoms with E-state index in [0.717, 1.165) is 32.4 Å². The van der Waals surface area contributed by atoms with Gasteiger partial charge in [0.25, 0.3) is 0 Å². The molecule has 134 valence electrons. The fourth-order valence-corrected chi connectivity index (χ4v) is 4.50. The lowest BCUT2D eigenvalue weighted by molar-refractivity contribution is -0.138. The predicted molar refractivity (Wildman–Crippen MR) is 95.3 cm³/mol. The number of rotatable bonds is 6. The van der Waals surface area contributed by atoms with Crippen LogP contribution in [0.15, 0.2) is 12.1 Å². The second kappa shape index (κ2) is 7.95. The van der Waals surface area contributed by atoms with Crippen molar-refractivity contribution >= 4 is 17.2 Å². The highest BCUT2D eigenvalue weighted by Crippen LogP contribution is 2.33. The quantitative estimate of drug-likeness (QED) is 0.788. The predicted octanol–water partition coefficient (Wildman–Crippen LogP) is 2.28. The summed E-state index contributed by atoms with van der Waals surface area (Å²) < 4.78 is 11.8. The third-order valence-electron chi connectivity index (χ3n) is 4.93. The van der Waals surface area contributed by atoms with Crippen LogP contribution in [0.5, 0.6) is 0 Å². The van der Waals surface area contributed by atoms with E-state index < -0.39 is 0 Å². The molecule has 1 aromatic rings. The number of carbonyl (C=O) groups is 1. The zero-order valence-corrected chi connectivity index (χ0v) is 15.7. The molecule has 2 saturated heterocycles. The third kappa shape index (κ3) is 4.36. The van der Waals surface area contributed by atoms with Crippen molar-refractivity contribution in [3.63, 3.8) is 0 Å². The highest BCUT2D eigenvalue weighted by Gasteiger charge is 2.39. The van der Waals surface area contributed by atoms with Crippen molar-refractivity contribution in [2.24, 2.45) is 0 Å². The summed E-state index contributed by atoms with van der Waals surface area (Å²) in [4.78, 5) is 18.5. The molecule has 0 aromatic carbocycles. The van der Waals surface area contributed by atoms with Crippen molar-refractivity contribution in [3.8, 4) is 0 Å². The molecule has 0 radical (unpaired) electrons. The Morgan fingerprint density at radius 3 is 2.92 bits per heavy atom. The summed E-state index contributed by atoms with van der Waals surface area (Å²) in [6.45, 7) is 4.98. The van der Waals surface area contributed by atoms with Crippen molar-refractivity contribution in [2.75, 3.05) is 33.9 Å². The Balaban J connectivity index is 1.44. The van der Waals surface area contributed by atoms with E-state index in [1.807, 2.05) is 11.3 Å². The average molecular weight is 353 g/mol. The largest absolute Gasteiger partial charge is 0.371 e. The first-order valence-electron chi connectivity index (χ1n) is 8.75. The minimum absolute atomic E-state index is 0.00182. The van der Waals surface area contributed by atoms with Crippen LogP contribution in [0.1, 0.15) is 29.0 Å². The Morgan fingerprint density at radius 2 is 2.21 bits per heavy atom. The normalized spacial score (nSPS) is 27.2. The van der Waals surface area contributed by atoms with E-state index in [1.165, 1.54) is 9.75 Å². The number of hydrogen-bond donors (Lipinski definition) is 0. The Hall–Kier alpha value is -0.950. The topological polar surface area (TPSA) is 42.0 Å². The fourth-order valence-electron chi connectivity index (χ4n) is 3.58. The highest BCUT2D eigenvalue weighted by molar-refractivity contribution is 7.11.